The topological polar surface area (TPSA) is 139 Å². The van der Waals surface area contributed by atoms with Gasteiger partial charge in [-0.05, 0) is 46.3 Å². The Bertz CT molecular complexity index is 1180. The first-order valence-electron chi connectivity index (χ1n) is 9.27. The highest BCUT2D eigenvalue weighted by atomic mass is 79.9. The van der Waals surface area contributed by atoms with Gasteiger partial charge in [0.2, 0.25) is 0 Å². The van der Waals surface area contributed by atoms with Crippen molar-refractivity contribution in [3.05, 3.63) is 75.9 Å². The largest absolute Gasteiger partial charge is 0.493 e. The van der Waals surface area contributed by atoms with E-state index in [1.54, 1.807) is 30.5 Å². The molecule has 0 fully saturated rings. The van der Waals surface area contributed by atoms with Gasteiger partial charge in [-0.3, -0.25) is 15.0 Å². The van der Waals surface area contributed by atoms with E-state index in [9.17, 15) is 9.59 Å². The van der Waals surface area contributed by atoms with Crippen molar-refractivity contribution in [2.24, 2.45) is 5.73 Å². The Balaban J connectivity index is 1.96. The fraction of sp³-hybridized carbons (Fsp3) is 0.0909. The zero-order chi connectivity index (χ0) is 23.3. The Morgan fingerprint density at radius 1 is 0.969 bits per heavy atom. The van der Waals surface area contributed by atoms with Gasteiger partial charge in [0.15, 0.2) is 11.5 Å². The molecule has 0 atom stereocenters. The number of hydrogen-bond donors (Lipinski definition) is 4. The van der Waals surface area contributed by atoms with Crippen LogP contribution in [-0.4, -0.2) is 36.9 Å². The lowest BCUT2D eigenvalue weighted by atomic mass is 10.1. The number of benzene rings is 2. The molecule has 0 spiro atoms. The summed E-state index contributed by atoms with van der Waals surface area (Å²) in [5.41, 5.74) is 6.63. The molecule has 1 heterocycles. The Morgan fingerprint density at radius 3 is 2.19 bits per heavy atom. The van der Waals surface area contributed by atoms with E-state index in [0.29, 0.717) is 32.9 Å². The second-order valence-electron chi connectivity index (χ2n) is 6.49. The van der Waals surface area contributed by atoms with Crippen molar-refractivity contribution in [1.29, 1.82) is 5.41 Å². The third-order valence-electron chi connectivity index (χ3n) is 4.47. The van der Waals surface area contributed by atoms with Crippen molar-refractivity contribution in [2.75, 3.05) is 24.9 Å². The molecule has 0 saturated carbocycles. The third kappa shape index (κ3) is 5.03. The van der Waals surface area contributed by atoms with E-state index in [2.05, 4.69) is 31.5 Å². The summed E-state index contributed by atoms with van der Waals surface area (Å²) in [6.07, 6.45) is 1.54. The highest BCUT2D eigenvalue weighted by Gasteiger charge is 2.20. The van der Waals surface area contributed by atoms with Crippen LogP contribution in [0, 0.1) is 5.41 Å². The van der Waals surface area contributed by atoms with Gasteiger partial charge in [-0.1, -0.05) is 12.1 Å². The number of nitrogen functional groups attached to an aromatic ring is 1. The van der Waals surface area contributed by atoms with Crippen LogP contribution in [0.25, 0.3) is 0 Å². The molecule has 164 valence electrons. The monoisotopic (exact) mass is 497 g/mol. The zero-order valence-electron chi connectivity index (χ0n) is 17.2. The molecule has 5 N–H and O–H groups in total. The number of halogens is 1. The minimum atomic E-state index is -0.507. The molecular weight excluding hydrogens is 478 g/mol. The number of rotatable bonds is 7. The summed E-state index contributed by atoms with van der Waals surface area (Å²) in [4.78, 5) is 30.0. The van der Waals surface area contributed by atoms with Crippen LogP contribution in [0.5, 0.6) is 11.5 Å². The van der Waals surface area contributed by atoms with E-state index in [1.807, 2.05) is 0 Å². The molecule has 1 aromatic heterocycles. The normalized spacial score (nSPS) is 10.2. The highest BCUT2D eigenvalue weighted by Crippen LogP contribution is 2.34. The molecule has 9 nitrogen and oxygen atoms in total. The van der Waals surface area contributed by atoms with E-state index >= 15 is 0 Å². The van der Waals surface area contributed by atoms with Gasteiger partial charge in [0, 0.05) is 23.4 Å². The van der Waals surface area contributed by atoms with Crippen molar-refractivity contribution in [3.8, 4) is 11.5 Å². The molecule has 2 amide bonds. The van der Waals surface area contributed by atoms with Gasteiger partial charge in [0.1, 0.15) is 11.7 Å². The number of carbonyl (C=O) groups is 2. The molecular formula is C22H20BrN5O4. The second kappa shape index (κ2) is 9.92. The summed E-state index contributed by atoms with van der Waals surface area (Å²) >= 11 is 3.34. The van der Waals surface area contributed by atoms with Crippen LogP contribution in [-0.2, 0) is 0 Å². The van der Waals surface area contributed by atoms with Crippen molar-refractivity contribution in [1.82, 2.24) is 4.98 Å². The summed E-state index contributed by atoms with van der Waals surface area (Å²) in [6.45, 7) is 0. The van der Waals surface area contributed by atoms with Crippen LogP contribution in [0.3, 0.4) is 0 Å². The molecule has 3 rings (SSSR count). The molecule has 0 aliphatic rings. The number of amides is 2. The molecule has 0 unspecified atom stereocenters. The maximum Gasteiger partial charge on any atom is 0.259 e. The van der Waals surface area contributed by atoms with Crippen LogP contribution in [0.4, 0.5) is 11.5 Å². The first kappa shape index (κ1) is 22.8. The zero-order valence-corrected chi connectivity index (χ0v) is 18.8. The summed E-state index contributed by atoms with van der Waals surface area (Å²) in [6, 6.07) is 12.7. The molecule has 0 radical (unpaired) electrons. The number of aromatic nitrogens is 1. The number of nitrogens with two attached hydrogens (primary N) is 1. The summed E-state index contributed by atoms with van der Waals surface area (Å²) < 4.78 is 11.2. The number of anilines is 2. The van der Waals surface area contributed by atoms with Gasteiger partial charge < -0.3 is 25.8 Å². The Morgan fingerprint density at radius 2 is 1.59 bits per heavy atom. The van der Waals surface area contributed by atoms with E-state index < -0.39 is 11.8 Å². The Labute approximate surface area is 192 Å². The number of pyridine rings is 1. The number of ether oxygens (including phenoxy) is 2. The number of amidine groups is 1. The lowest BCUT2D eigenvalue weighted by molar-refractivity contribution is 0.102. The van der Waals surface area contributed by atoms with Gasteiger partial charge in [-0.25, -0.2) is 4.98 Å². The fourth-order valence-electron chi connectivity index (χ4n) is 2.82. The maximum absolute atomic E-state index is 13.0. The Hall–Kier alpha value is -3.92. The summed E-state index contributed by atoms with van der Waals surface area (Å²) in [5.74, 6) is -0.0827. The predicted molar refractivity (Wildman–Crippen MR) is 125 cm³/mol. The average Bonchev–Trinajstić information content (AvgIpc) is 2.80. The van der Waals surface area contributed by atoms with Gasteiger partial charge in [-0.2, -0.15) is 0 Å². The molecule has 0 bridgehead atoms. The number of hydrogen-bond acceptors (Lipinski definition) is 6. The maximum atomic E-state index is 13.0. The van der Waals surface area contributed by atoms with Crippen LogP contribution < -0.4 is 25.8 Å². The first-order chi connectivity index (χ1) is 15.3. The second-order valence-corrected chi connectivity index (χ2v) is 7.34. The van der Waals surface area contributed by atoms with E-state index in [4.69, 9.17) is 20.6 Å². The van der Waals surface area contributed by atoms with Crippen molar-refractivity contribution < 1.29 is 19.1 Å². The summed E-state index contributed by atoms with van der Waals surface area (Å²) in [5, 5.41) is 12.9. The van der Waals surface area contributed by atoms with Gasteiger partial charge in [0.25, 0.3) is 11.8 Å². The van der Waals surface area contributed by atoms with Gasteiger partial charge >= 0.3 is 0 Å². The number of methoxy groups -OCH3 is 2. The number of nitrogens with zero attached hydrogens (tertiary/aromatic N) is 1. The standard InChI is InChI=1S/C22H20BrN5O4/c1-31-17-10-14(22(30)28-20-15(23)4-3-9-26-20)16(11-18(17)32-2)27-21(29)13-7-5-12(6-8-13)19(24)25/h3-11H,1-2H3,(H3,24,25)(H,27,29)(H,26,28,30). The Kier molecular flexibility index (Phi) is 7.06. The molecule has 2 aromatic carbocycles. The van der Waals surface area contributed by atoms with Gasteiger partial charge in [-0.15, -0.1) is 0 Å². The molecule has 10 heteroatoms. The van der Waals surface area contributed by atoms with Crippen molar-refractivity contribution in [3.63, 3.8) is 0 Å². The van der Waals surface area contributed by atoms with Crippen molar-refractivity contribution in [2.45, 2.75) is 0 Å². The van der Waals surface area contributed by atoms with Gasteiger partial charge in [0.05, 0.1) is 29.9 Å². The molecule has 0 saturated heterocycles. The van der Waals surface area contributed by atoms with Crippen LogP contribution in [0.2, 0.25) is 0 Å². The average molecular weight is 498 g/mol. The molecule has 0 aliphatic carbocycles. The van der Waals surface area contributed by atoms with Crippen LogP contribution >= 0.6 is 15.9 Å². The first-order valence-corrected chi connectivity index (χ1v) is 10.1. The molecule has 3 aromatic rings. The lowest BCUT2D eigenvalue weighted by Gasteiger charge is -2.16. The lowest BCUT2D eigenvalue weighted by Crippen LogP contribution is -2.19. The van der Waals surface area contributed by atoms with Crippen LogP contribution in [0.1, 0.15) is 26.3 Å². The predicted octanol–water partition coefficient (Wildman–Crippen LogP) is 3.65. The smallest absolute Gasteiger partial charge is 0.259 e. The van der Waals surface area contributed by atoms with E-state index in [1.165, 1.54) is 38.5 Å². The number of nitrogens with one attached hydrogen (secondary N) is 3. The molecule has 32 heavy (non-hydrogen) atoms. The minimum Gasteiger partial charge on any atom is -0.493 e. The SMILES string of the molecule is COc1cc(NC(=O)c2ccc(C(=N)N)cc2)c(C(=O)Nc2ncccc2Br)cc1OC. The summed E-state index contributed by atoms with van der Waals surface area (Å²) in [7, 11) is 2.90. The minimum absolute atomic E-state index is 0.100. The fourth-order valence-corrected chi connectivity index (χ4v) is 3.17. The van der Waals surface area contributed by atoms with Crippen LogP contribution in [0.15, 0.2) is 59.2 Å². The quantitative estimate of drug-likeness (QED) is 0.290. The molecule has 0 aliphatic heterocycles. The highest BCUT2D eigenvalue weighted by molar-refractivity contribution is 9.10. The number of carbonyl (C=O) groups excluding carboxylic acids is 2. The van der Waals surface area contributed by atoms with E-state index in [-0.39, 0.29) is 17.1 Å². The third-order valence-corrected chi connectivity index (χ3v) is 5.10. The van der Waals surface area contributed by atoms with Crippen molar-refractivity contribution >= 4 is 45.1 Å². The van der Waals surface area contributed by atoms with E-state index in [0.717, 1.165) is 0 Å².